The number of amides is 1. The molecule has 6 heteroatoms. The number of benzene rings is 1. The number of rotatable bonds is 9. The predicted molar refractivity (Wildman–Crippen MR) is 143 cm³/mol. The lowest BCUT2D eigenvalue weighted by molar-refractivity contribution is -0.119. The van der Waals surface area contributed by atoms with Crippen molar-refractivity contribution in [1.82, 2.24) is 16.0 Å². The SMILES string of the molecule is Cc1c(OC[C@H]2CCC(=O)N2)ccc(C(C)NC2CC[C@@H](C)C[C@H](NC3O[C@H]3C3CCCC3)C2)c1C. The maximum atomic E-state index is 11.5. The van der Waals surface area contributed by atoms with Gasteiger partial charge in [0.1, 0.15) is 24.7 Å². The number of carbonyl (C=O) groups is 1. The Labute approximate surface area is 217 Å². The molecule has 2 aliphatic carbocycles. The molecule has 1 aromatic carbocycles. The molecule has 5 rings (SSSR count). The van der Waals surface area contributed by atoms with Gasteiger partial charge in [-0.25, -0.2) is 0 Å². The summed E-state index contributed by atoms with van der Waals surface area (Å²) >= 11 is 0. The summed E-state index contributed by atoms with van der Waals surface area (Å²) in [6.45, 7) is 9.61. The molecule has 1 amide bonds. The molecule has 0 spiro atoms. The van der Waals surface area contributed by atoms with E-state index in [0.717, 1.165) is 30.4 Å². The highest BCUT2D eigenvalue weighted by atomic mass is 16.6. The van der Waals surface area contributed by atoms with E-state index in [1.165, 1.54) is 61.6 Å². The van der Waals surface area contributed by atoms with Crippen molar-refractivity contribution in [1.29, 1.82) is 0 Å². The van der Waals surface area contributed by atoms with Gasteiger partial charge in [-0.05, 0) is 100 Å². The van der Waals surface area contributed by atoms with Crippen LogP contribution in [-0.4, -0.2) is 43.0 Å². The summed E-state index contributed by atoms with van der Waals surface area (Å²) in [6, 6.07) is 5.79. The molecule has 36 heavy (non-hydrogen) atoms. The summed E-state index contributed by atoms with van der Waals surface area (Å²) in [5, 5.41) is 10.9. The van der Waals surface area contributed by atoms with Crippen molar-refractivity contribution in [3.8, 4) is 5.75 Å². The zero-order chi connectivity index (χ0) is 25.2. The quantitative estimate of drug-likeness (QED) is 0.328. The summed E-state index contributed by atoms with van der Waals surface area (Å²) in [5.74, 6) is 2.60. The second-order valence-corrected chi connectivity index (χ2v) is 12.2. The van der Waals surface area contributed by atoms with Gasteiger partial charge in [-0.15, -0.1) is 0 Å². The molecule has 4 aliphatic rings. The fourth-order valence-electron chi connectivity index (χ4n) is 6.95. The predicted octanol–water partition coefficient (Wildman–Crippen LogP) is 5.06. The minimum atomic E-state index is 0.131. The number of ether oxygens (including phenoxy) is 2. The lowest BCUT2D eigenvalue weighted by Crippen LogP contribution is -2.40. The molecule has 2 aliphatic heterocycles. The van der Waals surface area contributed by atoms with Gasteiger partial charge in [-0.2, -0.15) is 0 Å². The minimum absolute atomic E-state index is 0.131. The van der Waals surface area contributed by atoms with Crippen LogP contribution in [0, 0.1) is 25.7 Å². The average Bonchev–Trinajstić information content (AvgIpc) is 3.23. The first-order valence-electron chi connectivity index (χ1n) is 14.6. The number of hydrogen-bond acceptors (Lipinski definition) is 5. The van der Waals surface area contributed by atoms with E-state index in [2.05, 4.69) is 55.8 Å². The summed E-state index contributed by atoms with van der Waals surface area (Å²) in [5.41, 5.74) is 3.84. The number of carbonyl (C=O) groups excluding carboxylic acids is 1. The maximum absolute atomic E-state index is 11.5. The molecule has 2 saturated heterocycles. The second kappa shape index (κ2) is 11.4. The van der Waals surface area contributed by atoms with Gasteiger partial charge in [0.15, 0.2) is 0 Å². The Hall–Kier alpha value is -1.63. The van der Waals surface area contributed by atoms with Crippen LogP contribution in [0.15, 0.2) is 12.1 Å². The van der Waals surface area contributed by atoms with E-state index in [4.69, 9.17) is 9.47 Å². The van der Waals surface area contributed by atoms with E-state index in [1.54, 1.807) is 0 Å². The van der Waals surface area contributed by atoms with E-state index in [-0.39, 0.29) is 24.2 Å². The maximum Gasteiger partial charge on any atom is 0.220 e. The fourth-order valence-corrected chi connectivity index (χ4v) is 6.95. The summed E-state index contributed by atoms with van der Waals surface area (Å²) < 4.78 is 12.2. The largest absolute Gasteiger partial charge is 0.491 e. The molecule has 2 heterocycles. The van der Waals surface area contributed by atoms with Gasteiger partial charge >= 0.3 is 0 Å². The zero-order valence-corrected chi connectivity index (χ0v) is 22.8. The molecule has 200 valence electrons. The lowest BCUT2D eigenvalue weighted by Gasteiger charge is -2.27. The van der Waals surface area contributed by atoms with Crippen molar-refractivity contribution < 1.29 is 14.3 Å². The lowest BCUT2D eigenvalue weighted by atomic mass is 9.96. The van der Waals surface area contributed by atoms with Gasteiger partial charge in [-0.1, -0.05) is 25.8 Å². The van der Waals surface area contributed by atoms with Gasteiger partial charge in [-0.3, -0.25) is 10.1 Å². The van der Waals surface area contributed by atoms with E-state index >= 15 is 0 Å². The van der Waals surface area contributed by atoms with Crippen LogP contribution in [0.2, 0.25) is 0 Å². The smallest absolute Gasteiger partial charge is 0.220 e. The Bertz CT molecular complexity index is 915. The Morgan fingerprint density at radius 1 is 1.06 bits per heavy atom. The van der Waals surface area contributed by atoms with Crippen molar-refractivity contribution in [3.05, 3.63) is 28.8 Å². The van der Waals surface area contributed by atoms with Crippen LogP contribution < -0.4 is 20.7 Å². The topological polar surface area (TPSA) is 74.9 Å². The number of hydrogen-bond donors (Lipinski definition) is 3. The van der Waals surface area contributed by atoms with E-state index in [0.29, 0.717) is 31.2 Å². The van der Waals surface area contributed by atoms with Crippen molar-refractivity contribution in [3.63, 3.8) is 0 Å². The third kappa shape index (κ3) is 6.25. The van der Waals surface area contributed by atoms with Crippen LogP contribution >= 0.6 is 0 Å². The fraction of sp³-hybridized carbons (Fsp3) is 0.767. The number of nitrogens with one attached hydrogen (secondary N) is 3. The first-order chi connectivity index (χ1) is 17.4. The summed E-state index contributed by atoms with van der Waals surface area (Å²) in [7, 11) is 0. The monoisotopic (exact) mass is 497 g/mol. The minimum Gasteiger partial charge on any atom is -0.491 e. The van der Waals surface area contributed by atoms with Crippen LogP contribution in [0.1, 0.15) is 101 Å². The van der Waals surface area contributed by atoms with Crippen molar-refractivity contribution in [2.75, 3.05) is 6.61 Å². The Morgan fingerprint density at radius 3 is 2.61 bits per heavy atom. The molecule has 0 aromatic heterocycles. The van der Waals surface area contributed by atoms with Crippen LogP contribution in [-0.2, 0) is 9.53 Å². The highest BCUT2D eigenvalue weighted by Gasteiger charge is 2.46. The van der Waals surface area contributed by atoms with Crippen LogP contribution in [0.3, 0.4) is 0 Å². The normalized spacial score (nSPS) is 33.8. The molecule has 4 fully saturated rings. The third-order valence-corrected chi connectivity index (χ3v) is 9.31. The molecular formula is C30H47N3O3. The van der Waals surface area contributed by atoms with Gasteiger partial charge in [0.2, 0.25) is 5.91 Å². The molecular weight excluding hydrogens is 450 g/mol. The van der Waals surface area contributed by atoms with E-state index < -0.39 is 0 Å². The molecule has 0 bridgehead atoms. The molecule has 6 nitrogen and oxygen atoms in total. The summed E-state index contributed by atoms with van der Waals surface area (Å²) in [6.07, 6.45) is 12.6. The Balaban J connectivity index is 1.16. The van der Waals surface area contributed by atoms with E-state index in [1.807, 2.05) is 0 Å². The van der Waals surface area contributed by atoms with Crippen LogP contribution in [0.4, 0.5) is 0 Å². The van der Waals surface area contributed by atoms with Gasteiger partial charge < -0.3 is 20.1 Å². The average molecular weight is 498 g/mol. The summed E-state index contributed by atoms with van der Waals surface area (Å²) in [4.78, 5) is 11.5. The highest BCUT2D eigenvalue weighted by Crippen LogP contribution is 2.39. The number of epoxide rings is 1. The van der Waals surface area contributed by atoms with Crippen LogP contribution in [0.5, 0.6) is 5.75 Å². The highest BCUT2D eigenvalue weighted by molar-refractivity contribution is 5.78. The Morgan fingerprint density at radius 2 is 1.86 bits per heavy atom. The van der Waals surface area contributed by atoms with Gasteiger partial charge in [0.25, 0.3) is 0 Å². The first-order valence-corrected chi connectivity index (χ1v) is 14.6. The molecule has 7 atom stereocenters. The van der Waals surface area contributed by atoms with E-state index in [9.17, 15) is 4.79 Å². The van der Waals surface area contributed by atoms with Gasteiger partial charge in [0, 0.05) is 24.5 Å². The Kier molecular flexibility index (Phi) is 8.24. The molecule has 3 unspecified atom stereocenters. The molecule has 0 radical (unpaired) electrons. The zero-order valence-electron chi connectivity index (χ0n) is 22.8. The molecule has 3 N–H and O–H groups in total. The molecule has 2 saturated carbocycles. The standard InChI is InChI=1S/C30H47N3O3/c1-18-9-10-23(16-25(15-18)33-30-29(36-30)22-7-5-6-8-22)31-21(4)26-12-13-27(20(3)19(26)2)35-17-24-11-14-28(34)32-24/h12-13,18,21-25,29-31,33H,5-11,14-17H2,1-4H3,(H,32,34)/t18-,21?,23?,24-,25+,29+,30?/m1/s1. The third-order valence-electron chi connectivity index (χ3n) is 9.31. The van der Waals surface area contributed by atoms with Crippen molar-refractivity contribution in [2.24, 2.45) is 11.8 Å². The molecule has 1 aromatic rings. The van der Waals surface area contributed by atoms with Crippen LogP contribution in [0.25, 0.3) is 0 Å². The second-order valence-electron chi connectivity index (χ2n) is 12.2. The van der Waals surface area contributed by atoms with Crippen molar-refractivity contribution in [2.45, 2.75) is 128 Å². The first kappa shape index (κ1) is 26.0. The van der Waals surface area contributed by atoms with Crippen molar-refractivity contribution >= 4 is 5.91 Å². The van der Waals surface area contributed by atoms with Gasteiger partial charge in [0.05, 0.1) is 6.04 Å².